The molecule has 2 N–H and O–H groups in total. The van der Waals surface area contributed by atoms with E-state index in [2.05, 4.69) is 43.0 Å². The third-order valence-corrected chi connectivity index (χ3v) is 5.62. The van der Waals surface area contributed by atoms with E-state index in [0.717, 1.165) is 0 Å². The molecule has 0 saturated carbocycles. The van der Waals surface area contributed by atoms with Crippen LogP contribution in [0.1, 0.15) is 63.1 Å². The van der Waals surface area contributed by atoms with Gasteiger partial charge in [-0.05, 0) is 68.2 Å². The first-order valence-corrected chi connectivity index (χ1v) is 8.64. The molecular formula is C19H30N2. The van der Waals surface area contributed by atoms with Gasteiger partial charge in [0.05, 0.1) is 0 Å². The Morgan fingerprint density at radius 1 is 1.10 bits per heavy atom. The number of rotatable bonds is 1. The Morgan fingerprint density at radius 2 is 1.90 bits per heavy atom. The Morgan fingerprint density at radius 3 is 2.76 bits per heavy atom. The monoisotopic (exact) mass is 286 g/mol. The highest BCUT2D eigenvalue weighted by Crippen LogP contribution is 2.35. The van der Waals surface area contributed by atoms with Crippen molar-refractivity contribution < 1.29 is 0 Å². The Labute approximate surface area is 129 Å². The van der Waals surface area contributed by atoms with Gasteiger partial charge in [-0.3, -0.25) is 4.90 Å². The van der Waals surface area contributed by atoms with Crippen molar-refractivity contribution in [1.82, 2.24) is 4.90 Å². The lowest BCUT2D eigenvalue weighted by molar-refractivity contribution is 0.162. The minimum atomic E-state index is 0.185. The lowest BCUT2D eigenvalue weighted by Gasteiger charge is -2.34. The van der Waals surface area contributed by atoms with Crippen LogP contribution in [0.2, 0.25) is 0 Å². The molecule has 1 aromatic carbocycles. The molecule has 2 heteroatoms. The maximum Gasteiger partial charge on any atom is 0.0455 e. The van der Waals surface area contributed by atoms with Crippen LogP contribution in [0, 0.1) is 5.41 Å². The average molecular weight is 286 g/mol. The van der Waals surface area contributed by atoms with E-state index in [-0.39, 0.29) is 6.04 Å². The Bertz CT molecular complexity index is 480. The number of fused-ring (bicyclic) bond motifs is 1. The second kappa shape index (κ2) is 6.10. The fraction of sp³-hybridized carbons (Fsp3) is 0.684. The summed E-state index contributed by atoms with van der Waals surface area (Å²) in [6, 6.07) is 9.53. The van der Waals surface area contributed by atoms with E-state index in [1.54, 1.807) is 0 Å². The van der Waals surface area contributed by atoms with Gasteiger partial charge in [-0.2, -0.15) is 0 Å². The summed E-state index contributed by atoms with van der Waals surface area (Å²) in [7, 11) is 0. The predicted octanol–water partition coefficient (Wildman–Crippen LogP) is 3.90. The van der Waals surface area contributed by atoms with Crippen LogP contribution in [0.15, 0.2) is 24.3 Å². The van der Waals surface area contributed by atoms with E-state index in [1.807, 2.05) is 0 Å². The van der Waals surface area contributed by atoms with E-state index in [1.165, 1.54) is 62.7 Å². The minimum absolute atomic E-state index is 0.185. The van der Waals surface area contributed by atoms with Gasteiger partial charge in [0.15, 0.2) is 0 Å². The van der Waals surface area contributed by atoms with Crippen LogP contribution >= 0.6 is 0 Å². The second-order valence-corrected chi connectivity index (χ2v) is 7.74. The molecule has 2 aliphatic rings. The average Bonchev–Trinajstić information content (AvgIpc) is 2.74. The molecular weight excluding hydrogens is 256 g/mol. The molecule has 0 amide bonds. The number of benzene rings is 1. The van der Waals surface area contributed by atoms with Crippen LogP contribution in [0.25, 0.3) is 0 Å². The van der Waals surface area contributed by atoms with Crippen molar-refractivity contribution in [2.75, 3.05) is 13.1 Å². The molecule has 0 bridgehead atoms. The number of hydrogen-bond acceptors (Lipinski definition) is 2. The van der Waals surface area contributed by atoms with Gasteiger partial charge in [-0.15, -0.1) is 0 Å². The zero-order valence-electron chi connectivity index (χ0n) is 13.6. The molecule has 0 radical (unpaired) electrons. The smallest absolute Gasteiger partial charge is 0.0455 e. The van der Waals surface area contributed by atoms with Crippen molar-refractivity contribution in [1.29, 1.82) is 0 Å². The molecule has 1 heterocycles. The number of aryl methyl sites for hydroxylation is 1. The van der Waals surface area contributed by atoms with Crippen molar-refractivity contribution in [3.63, 3.8) is 0 Å². The highest BCUT2D eigenvalue weighted by Gasteiger charge is 2.32. The predicted molar refractivity (Wildman–Crippen MR) is 89.3 cm³/mol. The topological polar surface area (TPSA) is 29.3 Å². The van der Waals surface area contributed by atoms with E-state index >= 15 is 0 Å². The maximum absolute atomic E-state index is 6.70. The summed E-state index contributed by atoms with van der Waals surface area (Å²) >= 11 is 0. The molecule has 3 rings (SSSR count). The van der Waals surface area contributed by atoms with Gasteiger partial charge in [-0.1, -0.05) is 38.1 Å². The first-order chi connectivity index (χ1) is 10.1. The van der Waals surface area contributed by atoms with Crippen molar-refractivity contribution >= 4 is 0 Å². The standard InChI is InChI=1S/C19H30N2/c1-19(2)11-6-13-21(14-12-19)17-10-5-8-15-7-3-4-9-16(15)18(17)20/h3-4,7,9,17-18H,5-6,8,10-14,20H2,1-2H3. The Balaban J connectivity index is 1.79. The van der Waals surface area contributed by atoms with Crippen LogP contribution in [0.3, 0.4) is 0 Å². The minimum Gasteiger partial charge on any atom is -0.323 e. The van der Waals surface area contributed by atoms with Crippen LogP contribution < -0.4 is 5.73 Å². The van der Waals surface area contributed by atoms with E-state index in [0.29, 0.717) is 11.5 Å². The van der Waals surface area contributed by atoms with Gasteiger partial charge in [0, 0.05) is 12.1 Å². The van der Waals surface area contributed by atoms with E-state index in [9.17, 15) is 0 Å². The van der Waals surface area contributed by atoms with Crippen LogP contribution in [0.5, 0.6) is 0 Å². The molecule has 2 unspecified atom stereocenters. The number of likely N-dealkylation sites (tertiary alicyclic amines) is 1. The molecule has 21 heavy (non-hydrogen) atoms. The third-order valence-electron chi connectivity index (χ3n) is 5.62. The summed E-state index contributed by atoms with van der Waals surface area (Å²) in [4.78, 5) is 2.70. The molecule has 1 fully saturated rings. The third kappa shape index (κ3) is 3.32. The zero-order chi connectivity index (χ0) is 14.9. The SMILES string of the molecule is CC1(C)CCCN(C2CCCc3ccccc3C2N)CC1. The normalized spacial score (nSPS) is 30.2. The van der Waals surface area contributed by atoms with Crippen molar-refractivity contribution in [3.8, 4) is 0 Å². The summed E-state index contributed by atoms with van der Waals surface area (Å²) in [6.07, 6.45) is 7.68. The Hall–Kier alpha value is -0.860. The number of nitrogens with zero attached hydrogens (tertiary/aromatic N) is 1. The van der Waals surface area contributed by atoms with Crippen molar-refractivity contribution in [2.45, 2.75) is 64.5 Å². The highest BCUT2D eigenvalue weighted by molar-refractivity contribution is 5.32. The van der Waals surface area contributed by atoms with Crippen LogP contribution in [0.4, 0.5) is 0 Å². The van der Waals surface area contributed by atoms with Crippen LogP contribution in [-0.2, 0) is 6.42 Å². The quantitative estimate of drug-likeness (QED) is 0.793. The first kappa shape index (κ1) is 15.1. The molecule has 1 saturated heterocycles. The summed E-state index contributed by atoms with van der Waals surface area (Å²) < 4.78 is 0. The fourth-order valence-electron chi connectivity index (χ4n) is 4.16. The number of nitrogens with two attached hydrogens (primary N) is 1. The molecule has 116 valence electrons. The van der Waals surface area contributed by atoms with Gasteiger partial charge in [0.25, 0.3) is 0 Å². The zero-order valence-corrected chi connectivity index (χ0v) is 13.6. The molecule has 1 aromatic rings. The lowest BCUT2D eigenvalue weighted by Crippen LogP contribution is -2.43. The molecule has 2 nitrogen and oxygen atoms in total. The summed E-state index contributed by atoms with van der Waals surface area (Å²) in [5, 5.41) is 0. The maximum atomic E-state index is 6.70. The van der Waals surface area contributed by atoms with Gasteiger partial charge in [-0.25, -0.2) is 0 Å². The van der Waals surface area contributed by atoms with Gasteiger partial charge < -0.3 is 5.73 Å². The fourth-order valence-corrected chi connectivity index (χ4v) is 4.16. The van der Waals surface area contributed by atoms with E-state index < -0.39 is 0 Å². The lowest BCUT2D eigenvalue weighted by atomic mass is 9.85. The first-order valence-electron chi connectivity index (χ1n) is 8.64. The highest BCUT2D eigenvalue weighted by atomic mass is 15.2. The van der Waals surface area contributed by atoms with Gasteiger partial charge in [0.1, 0.15) is 0 Å². The largest absolute Gasteiger partial charge is 0.323 e. The molecule has 1 aliphatic heterocycles. The summed E-state index contributed by atoms with van der Waals surface area (Å²) in [6.45, 7) is 7.27. The molecule has 2 atom stereocenters. The van der Waals surface area contributed by atoms with Gasteiger partial charge >= 0.3 is 0 Å². The molecule has 1 aliphatic carbocycles. The summed E-state index contributed by atoms with van der Waals surface area (Å²) in [5.74, 6) is 0. The molecule has 0 aromatic heterocycles. The van der Waals surface area contributed by atoms with Crippen LogP contribution in [-0.4, -0.2) is 24.0 Å². The van der Waals surface area contributed by atoms with E-state index in [4.69, 9.17) is 5.73 Å². The van der Waals surface area contributed by atoms with Crippen molar-refractivity contribution in [3.05, 3.63) is 35.4 Å². The number of hydrogen-bond donors (Lipinski definition) is 1. The Kier molecular flexibility index (Phi) is 4.37. The van der Waals surface area contributed by atoms with Crippen molar-refractivity contribution in [2.24, 2.45) is 11.1 Å². The van der Waals surface area contributed by atoms with Gasteiger partial charge in [0.2, 0.25) is 0 Å². The molecule has 0 spiro atoms. The summed E-state index contributed by atoms with van der Waals surface area (Å²) in [5.41, 5.74) is 10.1. The second-order valence-electron chi connectivity index (χ2n) is 7.74.